The van der Waals surface area contributed by atoms with Crippen molar-refractivity contribution < 1.29 is 13.2 Å². The lowest BCUT2D eigenvalue weighted by atomic mass is 10.5. The van der Waals surface area contributed by atoms with E-state index in [1.165, 1.54) is 23.5 Å². The Balaban J connectivity index is 2.10. The molecular weight excluding hydrogens is 207 g/mol. The molecule has 0 aromatic rings. The first-order chi connectivity index (χ1) is 5.58. The minimum atomic E-state index is -4.03. The van der Waals surface area contributed by atoms with Gasteiger partial charge in [-0.1, -0.05) is 23.5 Å². The van der Waals surface area contributed by atoms with Gasteiger partial charge in [0.05, 0.1) is 13.0 Å². The number of hydrogen-bond acceptors (Lipinski definition) is 3. The monoisotopic (exact) mass is 215 g/mol. The van der Waals surface area contributed by atoms with Crippen molar-refractivity contribution in [2.24, 2.45) is 4.99 Å². The summed E-state index contributed by atoms with van der Waals surface area (Å²) in [4.78, 5) is 4.03. The molecule has 70 valence electrons. The molecule has 0 aliphatic carbocycles. The van der Waals surface area contributed by atoms with Gasteiger partial charge >= 0.3 is 6.18 Å². The quantitative estimate of drug-likeness (QED) is 0.702. The van der Waals surface area contributed by atoms with E-state index in [0.29, 0.717) is 0 Å². The molecule has 0 bridgehead atoms. The molecule has 1 nitrogen and oxygen atoms in total. The molecular formula is C6H8F3NS2. The lowest BCUT2D eigenvalue weighted by Crippen LogP contribution is -2.08. The highest BCUT2D eigenvalue weighted by Crippen LogP contribution is 2.27. The van der Waals surface area contributed by atoms with Crippen molar-refractivity contribution in [1.82, 2.24) is 0 Å². The number of rotatable bonds is 2. The van der Waals surface area contributed by atoms with Crippen LogP contribution in [0.5, 0.6) is 0 Å². The van der Waals surface area contributed by atoms with Crippen molar-refractivity contribution in [3.8, 4) is 0 Å². The van der Waals surface area contributed by atoms with Crippen molar-refractivity contribution in [2.75, 3.05) is 18.1 Å². The van der Waals surface area contributed by atoms with Crippen LogP contribution in [0.25, 0.3) is 0 Å². The summed E-state index contributed by atoms with van der Waals surface area (Å²) in [5.41, 5.74) is 0. The van der Waals surface area contributed by atoms with E-state index >= 15 is 0 Å². The smallest absolute Gasteiger partial charge is 0.271 e. The normalized spacial score (nSPS) is 18.1. The first kappa shape index (κ1) is 10.2. The van der Waals surface area contributed by atoms with Crippen LogP contribution in [0.2, 0.25) is 0 Å². The number of hydrogen-bond donors (Lipinski definition) is 0. The molecule has 0 N–H and O–H groups in total. The zero-order valence-electron chi connectivity index (χ0n) is 6.23. The lowest BCUT2D eigenvalue weighted by Gasteiger charge is -2.04. The fourth-order valence-electron chi connectivity index (χ4n) is 0.657. The van der Waals surface area contributed by atoms with Crippen LogP contribution in [-0.2, 0) is 0 Å². The molecule has 6 heteroatoms. The standard InChI is InChI=1S/C6H8F3NS2/c7-6(8,9)1-3-11-5-10-2-4-12-5/h1-4H2. The Morgan fingerprint density at radius 1 is 1.50 bits per heavy atom. The second kappa shape index (κ2) is 4.41. The molecule has 0 amide bonds. The van der Waals surface area contributed by atoms with Crippen molar-refractivity contribution in [3.05, 3.63) is 0 Å². The number of alkyl halides is 3. The van der Waals surface area contributed by atoms with Gasteiger partial charge in [-0.3, -0.25) is 4.99 Å². The number of nitrogens with zero attached hydrogens (tertiary/aromatic N) is 1. The highest BCUT2D eigenvalue weighted by Gasteiger charge is 2.26. The summed E-state index contributed by atoms with van der Waals surface area (Å²) in [6, 6.07) is 0. The van der Waals surface area contributed by atoms with Crippen molar-refractivity contribution in [2.45, 2.75) is 12.6 Å². The molecule has 1 aliphatic heterocycles. The first-order valence-electron chi connectivity index (χ1n) is 3.45. The fourth-order valence-corrected chi connectivity index (χ4v) is 2.72. The van der Waals surface area contributed by atoms with Crippen LogP contribution in [0.1, 0.15) is 6.42 Å². The van der Waals surface area contributed by atoms with Crippen LogP contribution in [-0.4, -0.2) is 28.6 Å². The van der Waals surface area contributed by atoms with Gasteiger partial charge in [-0.25, -0.2) is 0 Å². The van der Waals surface area contributed by atoms with Gasteiger partial charge in [-0.2, -0.15) is 13.2 Å². The maximum atomic E-state index is 11.7. The zero-order chi connectivity index (χ0) is 9.03. The Hall–Kier alpha value is 0.160. The molecule has 0 radical (unpaired) electrons. The predicted octanol–water partition coefficient (Wildman–Crippen LogP) is 2.77. The Morgan fingerprint density at radius 2 is 2.25 bits per heavy atom. The molecule has 0 spiro atoms. The molecule has 0 aromatic heterocycles. The summed E-state index contributed by atoms with van der Waals surface area (Å²) in [6.45, 7) is 0.749. The molecule has 1 rings (SSSR count). The molecule has 0 saturated carbocycles. The predicted molar refractivity (Wildman–Crippen MR) is 47.9 cm³/mol. The largest absolute Gasteiger partial charge is 0.389 e. The minimum Gasteiger partial charge on any atom is -0.271 e. The third kappa shape index (κ3) is 4.25. The Labute approximate surface area is 77.2 Å². The first-order valence-corrected chi connectivity index (χ1v) is 5.42. The van der Waals surface area contributed by atoms with Gasteiger partial charge in [0.15, 0.2) is 0 Å². The van der Waals surface area contributed by atoms with Crippen LogP contribution in [0.4, 0.5) is 13.2 Å². The van der Waals surface area contributed by atoms with Crippen LogP contribution in [0.15, 0.2) is 4.99 Å². The van der Waals surface area contributed by atoms with E-state index in [9.17, 15) is 13.2 Å². The van der Waals surface area contributed by atoms with E-state index < -0.39 is 12.6 Å². The summed E-state index contributed by atoms with van der Waals surface area (Å²) in [6.07, 6.45) is -4.76. The summed E-state index contributed by atoms with van der Waals surface area (Å²) >= 11 is 2.74. The average molecular weight is 215 g/mol. The van der Waals surface area contributed by atoms with E-state index in [-0.39, 0.29) is 5.75 Å². The number of aliphatic imine (C=N–C) groups is 1. The van der Waals surface area contributed by atoms with Crippen LogP contribution in [0, 0.1) is 0 Å². The van der Waals surface area contributed by atoms with E-state index in [2.05, 4.69) is 4.99 Å². The van der Waals surface area contributed by atoms with E-state index in [4.69, 9.17) is 0 Å². The maximum absolute atomic E-state index is 11.7. The number of thioether (sulfide) groups is 2. The van der Waals surface area contributed by atoms with Crippen molar-refractivity contribution >= 4 is 27.9 Å². The average Bonchev–Trinajstić information content (AvgIpc) is 2.36. The van der Waals surface area contributed by atoms with Gasteiger partial charge in [0.2, 0.25) is 0 Å². The zero-order valence-corrected chi connectivity index (χ0v) is 7.86. The molecule has 1 aliphatic rings. The van der Waals surface area contributed by atoms with Crippen LogP contribution in [0.3, 0.4) is 0 Å². The Morgan fingerprint density at radius 3 is 2.75 bits per heavy atom. The molecule has 1 heterocycles. The highest BCUT2D eigenvalue weighted by atomic mass is 32.2. The van der Waals surface area contributed by atoms with Gasteiger partial charge in [-0.05, 0) is 0 Å². The third-order valence-corrected chi connectivity index (χ3v) is 3.42. The van der Waals surface area contributed by atoms with Crippen molar-refractivity contribution in [1.29, 1.82) is 0 Å². The molecule has 0 saturated heterocycles. The Bertz CT molecular complexity index is 178. The molecule has 0 unspecified atom stereocenters. The molecule has 0 fully saturated rings. The number of halogens is 3. The molecule has 12 heavy (non-hydrogen) atoms. The second-order valence-electron chi connectivity index (χ2n) is 2.21. The van der Waals surface area contributed by atoms with Gasteiger partial charge in [-0.15, -0.1) is 0 Å². The molecule has 0 atom stereocenters. The van der Waals surface area contributed by atoms with Crippen LogP contribution >= 0.6 is 23.5 Å². The maximum Gasteiger partial charge on any atom is 0.389 e. The van der Waals surface area contributed by atoms with Crippen molar-refractivity contribution in [3.63, 3.8) is 0 Å². The van der Waals surface area contributed by atoms with Gasteiger partial charge in [0, 0.05) is 11.5 Å². The minimum absolute atomic E-state index is 0.0926. The fraction of sp³-hybridized carbons (Fsp3) is 0.833. The highest BCUT2D eigenvalue weighted by molar-refractivity contribution is 8.39. The van der Waals surface area contributed by atoms with E-state index in [1.807, 2.05) is 0 Å². The summed E-state index contributed by atoms with van der Waals surface area (Å²) in [5, 5.41) is 0. The topological polar surface area (TPSA) is 12.4 Å². The summed E-state index contributed by atoms with van der Waals surface area (Å²) in [5.74, 6) is 1.00. The van der Waals surface area contributed by atoms with Gasteiger partial charge < -0.3 is 0 Å². The molecule has 0 aromatic carbocycles. The third-order valence-electron chi connectivity index (χ3n) is 1.17. The summed E-state index contributed by atoms with van der Waals surface area (Å²) < 4.78 is 35.8. The van der Waals surface area contributed by atoms with Gasteiger partial charge in [0.25, 0.3) is 0 Å². The van der Waals surface area contributed by atoms with Crippen LogP contribution < -0.4 is 0 Å². The van der Waals surface area contributed by atoms with E-state index in [1.54, 1.807) is 0 Å². The SMILES string of the molecule is FC(F)(F)CCSC1=NCCS1. The van der Waals surface area contributed by atoms with Gasteiger partial charge in [0.1, 0.15) is 4.38 Å². The second-order valence-corrected chi connectivity index (χ2v) is 4.64. The lowest BCUT2D eigenvalue weighted by molar-refractivity contribution is -0.129. The Kier molecular flexibility index (Phi) is 3.77. The summed E-state index contributed by atoms with van der Waals surface area (Å²) in [7, 11) is 0. The van der Waals surface area contributed by atoms with E-state index in [0.717, 1.165) is 16.7 Å².